The minimum Gasteiger partial charge on any atom is -0.393 e. The number of rotatable bonds is 2. The molecule has 1 N–H and O–H groups in total. The van der Waals surface area contributed by atoms with E-state index in [-0.39, 0.29) is 6.10 Å². The molecule has 1 saturated heterocycles. The molecule has 3 rings (SSSR count). The monoisotopic (exact) mass is 236 g/mol. The molecule has 3 atom stereocenters. The second-order valence-corrected chi connectivity index (χ2v) is 5.57. The van der Waals surface area contributed by atoms with E-state index in [9.17, 15) is 5.11 Å². The maximum absolute atomic E-state index is 9.89. The third kappa shape index (κ3) is 1.89. The van der Waals surface area contributed by atoms with Crippen LogP contribution in [0.4, 0.5) is 0 Å². The third-order valence-electron chi connectivity index (χ3n) is 4.46. The van der Waals surface area contributed by atoms with Crippen molar-refractivity contribution in [2.75, 3.05) is 13.1 Å². The highest BCUT2D eigenvalue weighted by Gasteiger charge is 2.41. The summed E-state index contributed by atoms with van der Waals surface area (Å²) in [6, 6.07) is 0. The number of fused-ring (bicyclic) bond motifs is 1. The zero-order chi connectivity index (χ0) is 12.0. The largest absolute Gasteiger partial charge is 0.393 e. The highest BCUT2D eigenvalue weighted by Crippen LogP contribution is 2.38. The van der Waals surface area contributed by atoms with Crippen LogP contribution in [-0.4, -0.2) is 34.4 Å². The van der Waals surface area contributed by atoms with Gasteiger partial charge in [0.05, 0.1) is 11.8 Å². The molecular formula is C13H20N2O2. The number of likely N-dealkylation sites (tertiary alicyclic amines) is 1. The minimum atomic E-state index is -0.0744. The molecule has 1 aliphatic carbocycles. The first-order chi connectivity index (χ1) is 8.15. The Bertz CT molecular complexity index is 396. The maximum atomic E-state index is 9.89. The van der Waals surface area contributed by atoms with E-state index in [0.717, 1.165) is 37.5 Å². The van der Waals surface area contributed by atoms with Gasteiger partial charge in [0.1, 0.15) is 5.76 Å². The van der Waals surface area contributed by atoms with E-state index in [0.29, 0.717) is 11.8 Å². The number of aliphatic hydroxyl groups excluding tert-OH is 1. The minimum absolute atomic E-state index is 0.0744. The third-order valence-corrected chi connectivity index (χ3v) is 4.46. The summed E-state index contributed by atoms with van der Waals surface area (Å²) in [5.74, 6) is 2.13. The molecular weight excluding hydrogens is 216 g/mol. The van der Waals surface area contributed by atoms with E-state index in [1.807, 2.05) is 13.8 Å². The normalized spacial score (nSPS) is 33.2. The Kier molecular flexibility index (Phi) is 2.71. The summed E-state index contributed by atoms with van der Waals surface area (Å²) in [4.78, 5) is 2.43. The lowest BCUT2D eigenvalue weighted by Gasteiger charge is -2.17. The summed E-state index contributed by atoms with van der Waals surface area (Å²) >= 11 is 0. The Morgan fingerprint density at radius 2 is 2.18 bits per heavy atom. The van der Waals surface area contributed by atoms with Gasteiger partial charge in [-0.1, -0.05) is 5.16 Å². The summed E-state index contributed by atoms with van der Waals surface area (Å²) < 4.78 is 5.19. The van der Waals surface area contributed by atoms with E-state index in [1.54, 1.807) is 0 Å². The fourth-order valence-corrected chi connectivity index (χ4v) is 3.41. The van der Waals surface area contributed by atoms with Crippen molar-refractivity contribution < 1.29 is 9.63 Å². The van der Waals surface area contributed by atoms with Crippen molar-refractivity contribution in [1.82, 2.24) is 10.1 Å². The van der Waals surface area contributed by atoms with Crippen LogP contribution >= 0.6 is 0 Å². The smallest absolute Gasteiger partial charge is 0.138 e. The van der Waals surface area contributed by atoms with Crippen molar-refractivity contribution in [3.8, 4) is 0 Å². The SMILES string of the molecule is Cc1noc(C)c1CN1CC2CCC(O)C2C1. The van der Waals surface area contributed by atoms with Gasteiger partial charge in [0.2, 0.25) is 0 Å². The second kappa shape index (κ2) is 4.10. The summed E-state index contributed by atoms with van der Waals surface area (Å²) in [5, 5.41) is 13.9. The van der Waals surface area contributed by atoms with Gasteiger partial charge in [-0.25, -0.2) is 0 Å². The number of nitrogens with zero attached hydrogens (tertiary/aromatic N) is 2. The molecule has 0 radical (unpaired) electrons. The van der Waals surface area contributed by atoms with Crippen molar-refractivity contribution in [2.24, 2.45) is 11.8 Å². The molecule has 4 heteroatoms. The van der Waals surface area contributed by atoms with Crippen LogP contribution in [0.1, 0.15) is 29.9 Å². The van der Waals surface area contributed by atoms with Crippen molar-refractivity contribution >= 4 is 0 Å². The molecule has 2 fully saturated rings. The van der Waals surface area contributed by atoms with Gasteiger partial charge in [-0.3, -0.25) is 4.90 Å². The van der Waals surface area contributed by atoms with E-state index in [4.69, 9.17) is 4.52 Å². The Morgan fingerprint density at radius 3 is 2.82 bits per heavy atom. The van der Waals surface area contributed by atoms with Gasteiger partial charge in [0, 0.05) is 31.1 Å². The lowest BCUT2D eigenvalue weighted by Crippen LogP contribution is -2.24. The molecule has 94 valence electrons. The van der Waals surface area contributed by atoms with Crippen molar-refractivity contribution in [1.29, 1.82) is 0 Å². The van der Waals surface area contributed by atoms with E-state index in [2.05, 4.69) is 10.1 Å². The van der Waals surface area contributed by atoms with Crippen LogP contribution in [0.5, 0.6) is 0 Å². The van der Waals surface area contributed by atoms with Gasteiger partial charge in [-0.2, -0.15) is 0 Å². The van der Waals surface area contributed by atoms with Crippen LogP contribution in [0.2, 0.25) is 0 Å². The van der Waals surface area contributed by atoms with Crippen LogP contribution in [0, 0.1) is 25.7 Å². The number of aromatic nitrogens is 1. The topological polar surface area (TPSA) is 49.5 Å². The summed E-state index contributed by atoms with van der Waals surface area (Å²) in [5.41, 5.74) is 2.22. The lowest BCUT2D eigenvalue weighted by atomic mass is 10.00. The van der Waals surface area contributed by atoms with Crippen molar-refractivity contribution in [2.45, 2.75) is 39.3 Å². The molecule has 0 spiro atoms. The lowest BCUT2D eigenvalue weighted by molar-refractivity contribution is 0.123. The maximum Gasteiger partial charge on any atom is 0.138 e. The molecule has 3 unspecified atom stereocenters. The van der Waals surface area contributed by atoms with E-state index >= 15 is 0 Å². The van der Waals surface area contributed by atoms with Gasteiger partial charge in [-0.15, -0.1) is 0 Å². The fourth-order valence-electron chi connectivity index (χ4n) is 3.41. The summed E-state index contributed by atoms with van der Waals surface area (Å²) in [6.45, 7) is 7.03. The van der Waals surface area contributed by atoms with Crippen LogP contribution in [0.3, 0.4) is 0 Å². The molecule has 1 saturated carbocycles. The highest BCUT2D eigenvalue weighted by molar-refractivity contribution is 5.20. The van der Waals surface area contributed by atoms with Crippen LogP contribution < -0.4 is 0 Å². The highest BCUT2D eigenvalue weighted by atomic mass is 16.5. The average Bonchev–Trinajstić information content (AvgIpc) is 2.93. The van der Waals surface area contributed by atoms with Crippen LogP contribution in [-0.2, 0) is 6.54 Å². The molecule has 4 nitrogen and oxygen atoms in total. The zero-order valence-electron chi connectivity index (χ0n) is 10.5. The van der Waals surface area contributed by atoms with E-state index < -0.39 is 0 Å². The first-order valence-electron chi connectivity index (χ1n) is 6.47. The number of hydrogen-bond acceptors (Lipinski definition) is 4. The molecule has 1 aliphatic heterocycles. The molecule has 17 heavy (non-hydrogen) atoms. The predicted octanol–water partition coefficient (Wildman–Crippen LogP) is 1.49. The molecule has 1 aromatic heterocycles. The van der Waals surface area contributed by atoms with Crippen LogP contribution in [0.15, 0.2) is 4.52 Å². The Labute approximate surface area is 102 Å². The summed E-state index contributed by atoms with van der Waals surface area (Å²) in [6.07, 6.45) is 2.10. The van der Waals surface area contributed by atoms with Crippen LogP contribution in [0.25, 0.3) is 0 Å². The Hall–Kier alpha value is -0.870. The quantitative estimate of drug-likeness (QED) is 0.845. The zero-order valence-corrected chi connectivity index (χ0v) is 10.5. The molecule has 2 aliphatic rings. The fraction of sp³-hybridized carbons (Fsp3) is 0.769. The molecule has 0 aromatic carbocycles. The van der Waals surface area contributed by atoms with Gasteiger partial charge in [0.25, 0.3) is 0 Å². The number of aryl methyl sites for hydroxylation is 2. The van der Waals surface area contributed by atoms with Crippen molar-refractivity contribution in [3.63, 3.8) is 0 Å². The molecule has 2 heterocycles. The number of hydrogen-bond donors (Lipinski definition) is 1. The van der Waals surface area contributed by atoms with Gasteiger partial charge < -0.3 is 9.63 Å². The Morgan fingerprint density at radius 1 is 1.35 bits per heavy atom. The number of aliphatic hydroxyl groups is 1. The molecule has 0 amide bonds. The summed E-state index contributed by atoms with van der Waals surface area (Å²) in [7, 11) is 0. The standard InChI is InChI=1S/C13H20N2O2/c1-8-11(9(2)17-14-8)6-15-5-10-3-4-13(16)12(10)7-15/h10,12-13,16H,3-7H2,1-2H3. The first-order valence-corrected chi connectivity index (χ1v) is 6.47. The molecule has 0 bridgehead atoms. The van der Waals surface area contributed by atoms with Gasteiger partial charge in [-0.05, 0) is 32.6 Å². The average molecular weight is 236 g/mol. The first kappa shape index (κ1) is 11.2. The Balaban J connectivity index is 1.69. The van der Waals surface area contributed by atoms with Gasteiger partial charge in [0.15, 0.2) is 0 Å². The van der Waals surface area contributed by atoms with Gasteiger partial charge >= 0.3 is 0 Å². The predicted molar refractivity (Wildman–Crippen MR) is 63.5 cm³/mol. The van der Waals surface area contributed by atoms with Crippen molar-refractivity contribution in [3.05, 3.63) is 17.0 Å². The molecule has 1 aromatic rings. The second-order valence-electron chi connectivity index (χ2n) is 5.57. The van der Waals surface area contributed by atoms with E-state index in [1.165, 1.54) is 12.0 Å².